The fourth-order valence-corrected chi connectivity index (χ4v) is 2.26. The van der Waals surface area contributed by atoms with Crippen LogP contribution in [0.2, 0.25) is 0 Å². The fraction of sp³-hybridized carbons (Fsp3) is 0.0909. The number of halogens is 1. The van der Waals surface area contributed by atoms with Gasteiger partial charge in [0.15, 0.2) is 0 Å². The summed E-state index contributed by atoms with van der Waals surface area (Å²) in [5.74, 6) is -1.84. The van der Waals surface area contributed by atoms with E-state index in [9.17, 15) is 9.18 Å². The van der Waals surface area contributed by atoms with Crippen molar-refractivity contribution in [3.8, 4) is 0 Å². The lowest BCUT2D eigenvalue weighted by atomic mass is 9.99. The Kier molecular flexibility index (Phi) is 2.96. The number of benzene rings is 1. The van der Waals surface area contributed by atoms with Gasteiger partial charge in [0.25, 0.3) is 0 Å². The third kappa shape index (κ3) is 1.94. The van der Waals surface area contributed by atoms with E-state index < -0.39 is 17.6 Å². The Bertz CT molecular complexity index is 498. The Morgan fingerprint density at radius 3 is 2.75 bits per heavy atom. The van der Waals surface area contributed by atoms with Gasteiger partial charge in [-0.1, -0.05) is 18.2 Å². The van der Waals surface area contributed by atoms with E-state index in [4.69, 9.17) is 5.73 Å². The van der Waals surface area contributed by atoms with Crippen LogP contribution in [0.1, 0.15) is 16.5 Å². The lowest BCUT2D eigenvalue weighted by Crippen LogP contribution is -2.23. The Balaban J connectivity index is 2.50. The van der Waals surface area contributed by atoms with Crippen LogP contribution in [0.3, 0.4) is 0 Å². The number of nitrogens with two attached hydrogens (primary N) is 1. The van der Waals surface area contributed by atoms with Gasteiger partial charge < -0.3 is 5.73 Å². The fourth-order valence-electron chi connectivity index (χ4n) is 1.49. The largest absolute Gasteiger partial charge is 0.369 e. The highest BCUT2D eigenvalue weighted by Crippen LogP contribution is 2.27. The van der Waals surface area contributed by atoms with Crippen LogP contribution >= 0.6 is 11.3 Å². The number of rotatable bonds is 3. The molecule has 1 aromatic heterocycles. The van der Waals surface area contributed by atoms with Crippen LogP contribution < -0.4 is 5.73 Å². The molecule has 16 heavy (non-hydrogen) atoms. The molecule has 2 aromatic rings. The molecule has 2 N–H and O–H groups in total. The average Bonchev–Trinajstić information content (AvgIpc) is 2.74. The van der Waals surface area contributed by atoms with Gasteiger partial charge in [0.1, 0.15) is 16.7 Å². The Hall–Kier alpha value is -1.75. The van der Waals surface area contributed by atoms with Crippen molar-refractivity contribution in [2.75, 3.05) is 0 Å². The van der Waals surface area contributed by atoms with Crippen LogP contribution in [0, 0.1) is 5.82 Å². The van der Waals surface area contributed by atoms with Crippen molar-refractivity contribution in [1.82, 2.24) is 4.98 Å². The number of carbonyl (C=O) groups excluding carboxylic acids is 1. The third-order valence-corrected chi connectivity index (χ3v) is 3.04. The molecule has 82 valence electrons. The molecule has 5 heteroatoms. The summed E-state index contributed by atoms with van der Waals surface area (Å²) in [6.07, 6.45) is 1.57. The molecule has 0 aliphatic rings. The molecule has 0 bridgehead atoms. The summed E-state index contributed by atoms with van der Waals surface area (Å²) in [4.78, 5) is 15.4. The van der Waals surface area contributed by atoms with Crippen molar-refractivity contribution < 1.29 is 9.18 Å². The second-order valence-electron chi connectivity index (χ2n) is 3.23. The first-order valence-corrected chi connectivity index (χ1v) is 5.51. The molecule has 0 radical (unpaired) electrons. The van der Waals surface area contributed by atoms with Crippen molar-refractivity contribution in [3.05, 3.63) is 52.2 Å². The van der Waals surface area contributed by atoms with Crippen LogP contribution in [0.5, 0.6) is 0 Å². The minimum Gasteiger partial charge on any atom is -0.369 e. The molecule has 1 atom stereocenters. The number of nitrogens with zero attached hydrogens (tertiary/aromatic N) is 1. The molecule has 1 heterocycles. The van der Waals surface area contributed by atoms with Crippen LogP contribution in [0.15, 0.2) is 35.8 Å². The maximum atomic E-state index is 13.6. The monoisotopic (exact) mass is 236 g/mol. The second-order valence-corrected chi connectivity index (χ2v) is 4.15. The van der Waals surface area contributed by atoms with Crippen molar-refractivity contribution in [1.29, 1.82) is 0 Å². The molecule has 1 unspecified atom stereocenters. The van der Waals surface area contributed by atoms with Gasteiger partial charge in [-0.15, -0.1) is 11.3 Å². The quantitative estimate of drug-likeness (QED) is 0.884. The molecule has 0 saturated heterocycles. The van der Waals surface area contributed by atoms with Crippen LogP contribution in [-0.4, -0.2) is 10.9 Å². The highest BCUT2D eigenvalue weighted by Gasteiger charge is 2.25. The third-order valence-electron chi connectivity index (χ3n) is 2.20. The predicted octanol–water partition coefficient (Wildman–Crippen LogP) is 1.90. The van der Waals surface area contributed by atoms with Gasteiger partial charge in [-0.25, -0.2) is 9.37 Å². The minimum atomic E-state index is -0.804. The zero-order valence-electron chi connectivity index (χ0n) is 8.26. The van der Waals surface area contributed by atoms with Gasteiger partial charge in [-0.05, 0) is 6.07 Å². The summed E-state index contributed by atoms with van der Waals surface area (Å²) >= 11 is 1.28. The lowest BCUT2D eigenvalue weighted by Gasteiger charge is -2.11. The van der Waals surface area contributed by atoms with E-state index in [1.807, 2.05) is 0 Å². The number of aromatic nitrogens is 1. The molecule has 0 aliphatic heterocycles. The van der Waals surface area contributed by atoms with Crippen LogP contribution in [0.4, 0.5) is 4.39 Å². The summed E-state index contributed by atoms with van der Waals surface area (Å²) in [5.41, 5.74) is 5.56. The van der Waals surface area contributed by atoms with E-state index in [2.05, 4.69) is 4.98 Å². The Morgan fingerprint density at radius 2 is 2.19 bits per heavy atom. The molecular weight excluding hydrogens is 227 g/mol. The Labute approximate surface area is 95.7 Å². The first kappa shape index (κ1) is 10.8. The molecule has 1 aromatic carbocycles. The van der Waals surface area contributed by atoms with Gasteiger partial charge in [0.05, 0.1) is 0 Å². The number of hydrogen-bond acceptors (Lipinski definition) is 3. The highest BCUT2D eigenvalue weighted by atomic mass is 32.1. The average molecular weight is 236 g/mol. The summed E-state index contributed by atoms with van der Waals surface area (Å²) in [7, 11) is 0. The predicted molar refractivity (Wildman–Crippen MR) is 59.6 cm³/mol. The number of amides is 1. The lowest BCUT2D eigenvalue weighted by molar-refractivity contribution is -0.118. The first-order valence-electron chi connectivity index (χ1n) is 4.63. The van der Waals surface area contributed by atoms with Gasteiger partial charge in [0, 0.05) is 17.1 Å². The van der Waals surface area contributed by atoms with Crippen LogP contribution in [0.25, 0.3) is 0 Å². The minimum absolute atomic E-state index is 0.268. The number of hydrogen-bond donors (Lipinski definition) is 1. The topological polar surface area (TPSA) is 56.0 Å². The number of carbonyl (C=O) groups is 1. The van der Waals surface area contributed by atoms with E-state index in [1.165, 1.54) is 17.4 Å². The molecule has 0 fully saturated rings. The van der Waals surface area contributed by atoms with Crippen molar-refractivity contribution in [3.63, 3.8) is 0 Å². The van der Waals surface area contributed by atoms with Gasteiger partial charge in [0.2, 0.25) is 5.91 Å². The maximum absolute atomic E-state index is 13.6. The molecule has 0 saturated carbocycles. The molecule has 0 aliphatic carbocycles. The van der Waals surface area contributed by atoms with E-state index in [1.54, 1.807) is 29.8 Å². The number of primary amides is 1. The molecule has 1 amide bonds. The van der Waals surface area contributed by atoms with E-state index in [-0.39, 0.29) is 5.56 Å². The molecule has 2 rings (SSSR count). The summed E-state index contributed by atoms with van der Waals surface area (Å²) in [6, 6.07) is 6.09. The highest BCUT2D eigenvalue weighted by molar-refractivity contribution is 7.09. The van der Waals surface area contributed by atoms with E-state index >= 15 is 0 Å². The standard InChI is InChI=1S/C11H9FN2OS/c12-8-4-2-1-3-7(8)9(10(13)15)11-14-5-6-16-11/h1-6,9H,(H2,13,15). The summed E-state index contributed by atoms with van der Waals surface area (Å²) in [6.45, 7) is 0. The second kappa shape index (κ2) is 4.40. The van der Waals surface area contributed by atoms with Gasteiger partial charge in [-0.2, -0.15) is 0 Å². The van der Waals surface area contributed by atoms with Crippen molar-refractivity contribution in [2.24, 2.45) is 5.73 Å². The molecule has 0 spiro atoms. The Morgan fingerprint density at radius 1 is 1.44 bits per heavy atom. The van der Waals surface area contributed by atoms with E-state index in [0.29, 0.717) is 5.01 Å². The molecule has 3 nitrogen and oxygen atoms in total. The number of thiazole rings is 1. The van der Waals surface area contributed by atoms with Crippen molar-refractivity contribution >= 4 is 17.2 Å². The van der Waals surface area contributed by atoms with Gasteiger partial charge >= 0.3 is 0 Å². The smallest absolute Gasteiger partial charge is 0.232 e. The summed E-state index contributed by atoms with van der Waals surface area (Å²) in [5, 5.41) is 2.24. The van der Waals surface area contributed by atoms with Crippen LogP contribution in [-0.2, 0) is 4.79 Å². The molecular formula is C11H9FN2OS. The zero-order valence-corrected chi connectivity index (χ0v) is 9.08. The SMILES string of the molecule is NC(=O)C(c1nccs1)c1ccccc1F. The zero-order chi connectivity index (χ0) is 11.5. The van der Waals surface area contributed by atoms with Crippen molar-refractivity contribution in [2.45, 2.75) is 5.92 Å². The normalized spacial score (nSPS) is 12.3. The summed E-state index contributed by atoms with van der Waals surface area (Å²) < 4.78 is 13.6. The van der Waals surface area contributed by atoms with Gasteiger partial charge in [-0.3, -0.25) is 4.79 Å². The maximum Gasteiger partial charge on any atom is 0.232 e. The van der Waals surface area contributed by atoms with E-state index in [0.717, 1.165) is 0 Å². The first-order chi connectivity index (χ1) is 7.70.